The summed E-state index contributed by atoms with van der Waals surface area (Å²) in [5.41, 5.74) is 8.80. The summed E-state index contributed by atoms with van der Waals surface area (Å²) in [6, 6.07) is 6.61. The molecule has 2 amide bonds. The molecule has 0 saturated carbocycles. The second-order valence-corrected chi connectivity index (χ2v) is 10.6. The predicted octanol–water partition coefficient (Wildman–Crippen LogP) is 3.48. The fraction of sp³-hybridized carbons (Fsp3) is 0.542. The van der Waals surface area contributed by atoms with Crippen molar-refractivity contribution in [2.75, 3.05) is 6.54 Å². The van der Waals surface area contributed by atoms with Gasteiger partial charge in [0.05, 0.1) is 27.7 Å². The number of halogens is 2. The summed E-state index contributed by atoms with van der Waals surface area (Å²) in [5.74, 6) is -0.573. The number of carbonyl (C=O) groups excluding carboxylic acids is 2. The summed E-state index contributed by atoms with van der Waals surface area (Å²) >= 11 is 1.71. The molecule has 0 aliphatic carbocycles. The van der Waals surface area contributed by atoms with E-state index >= 15 is 0 Å². The number of amides is 2. The number of aromatic nitrogens is 1. The van der Waals surface area contributed by atoms with E-state index in [0.717, 1.165) is 28.2 Å². The van der Waals surface area contributed by atoms with Crippen molar-refractivity contribution in [1.29, 1.82) is 0 Å². The van der Waals surface area contributed by atoms with Crippen molar-refractivity contribution in [2.24, 2.45) is 11.1 Å². The highest BCUT2D eigenvalue weighted by Crippen LogP contribution is 2.30. The molecule has 34 heavy (non-hydrogen) atoms. The Labute approximate surface area is 218 Å². The number of likely N-dealkylation sites (tertiary alicyclic amines) is 1. The Kier molecular flexibility index (Phi) is 11.0. The number of hydrogen-bond donors (Lipinski definition) is 3. The number of benzene rings is 1. The van der Waals surface area contributed by atoms with E-state index in [4.69, 9.17) is 5.73 Å². The zero-order valence-electron chi connectivity index (χ0n) is 20.3. The third kappa shape index (κ3) is 6.92. The van der Waals surface area contributed by atoms with Crippen LogP contribution in [0.25, 0.3) is 10.4 Å². The number of hydrogen-bond acceptors (Lipinski definition) is 6. The highest BCUT2D eigenvalue weighted by atomic mass is 35.5. The molecule has 0 bridgehead atoms. The SMILES string of the molecule is CCc1nc(C)c(-c2ccc(CNC(=O)[C@@H]3C[C@@H](O)CN3C(=O)[C@@H](N)C(C)(C)C)cc2)s1.Cl.Cl. The standard InChI is InChI=1S/C24H34N4O3S.2ClH/c1-6-19-27-14(2)20(32-19)16-9-7-15(8-10-16)12-26-22(30)18-11-17(29)13-28(18)23(31)21(25)24(3,4)5;;/h7-10,17-18,21,29H,6,11-13,25H2,1-5H3,(H,26,30);2*1H/t17-,18+,21-;;/m1../s1. The third-order valence-corrected chi connectivity index (χ3v) is 7.24. The fourth-order valence-corrected chi connectivity index (χ4v) is 4.82. The van der Waals surface area contributed by atoms with E-state index in [1.807, 2.05) is 52.0 Å². The number of thiazole rings is 1. The van der Waals surface area contributed by atoms with Gasteiger partial charge < -0.3 is 21.1 Å². The van der Waals surface area contributed by atoms with Crippen LogP contribution >= 0.6 is 36.2 Å². The van der Waals surface area contributed by atoms with E-state index in [-0.39, 0.29) is 49.6 Å². The van der Waals surface area contributed by atoms with Gasteiger partial charge in [0.25, 0.3) is 0 Å². The smallest absolute Gasteiger partial charge is 0.243 e. The fourth-order valence-electron chi connectivity index (χ4n) is 3.81. The van der Waals surface area contributed by atoms with E-state index in [1.54, 1.807) is 11.3 Å². The Bertz CT molecular complexity index is 976. The van der Waals surface area contributed by atoms with Gasteiger partial charge in [0.2, 0.25) is 11.8 Å². The number of β-amino-alcohol motifs (C(OH)–C–C–N with tert-alkyl or cyclic N) is 1. The quantitative estimate of drug-likeness (QED) is 0.529. The summed E-state index contributed by atoms with van der Waals surface area (Å²) in [6.07, 6.45) is 0.417. The van der Waals surface area contributed by atoms with E-state index in [2.05, 4.69) is 17.2 Å². The van der Waals surface area contributed by atoms with Crippen molar-refractivity contribution in [3.8, 4) is 10.4 Å². The van der Waals surface area contributed by atoms with E-state index < -0.39 is 23.6 Å². The van der Waals surface area contributed by atoms with Crippen LogP contribution in [0.5, 0.6) is 0 Å². The van der Waals surface area contributed by atoms with Gasteiger partial charge in [-0.3, -0.25) is 9.59 Å². The van der Waals surface area contributed by atoms with Crippen LogP contribution in [-0.4, -0.2) is 51.5 Å². The highest BCUT2D eigenvalue weighted by Gasteiger charge is 2.42. The van der Waals surface area contributed by atoms with Gasteiger partial charge in [-0.2, -0.15) is 0 Å². The van der Waals surface area contributed by atoms with Gasteiger partial charge in [-0.25, -0.2) is 4.98 Å². The summed E-state index contributed by atoms with van der Waals surface area (Å²) in [4.78, 5) is 32.9. The molecule has 1 fully saturated rings. The molecule has 4 N–H and O–H groups in total. The van der Waals surface area contributed by atoms with Crippen molar-refractivity contribution in [2.45, 2.75) is 72.2 Å². The van der Waals surface area contributed by atoms with Crippen LogP contribution in [0.15, 0.2) is 24.3 Å². The number of aliphatic hydroxyl groups is 1. The number of rotatable bonds is 6. The first-order chi connectivity index (χ1) is 15.0. The van der Waals surface area contributed by atoms with Crippen molar-refractivity contribution in [3.63, 3.8) is 0 Å². The predicted molar refractivity (Wildman–Crippen MR) is 142 cm³/mol. The van der Waals surface area contributed by atoms with Crippen molar-refractivity contribution < 1.29 is 14.7 Å². The van der Waals surface area contributed by atoms with E-state index in [0.29, 0.717) is 6.54 Å². The van der Waals surface area contributed by atoms with Crippen molar-refractivity contribution in [1.82, 2.24) is 15.2 Å². The van der Waals surface area contributed by atoms with Crippen LogP contribution in [0.2, 0.25) is 0 Å². The van der Waals surface area contributed by atoms with Gasteiger partial charge in [0, 0.05) is 19.5 Å². The summed E-state index contributed by atoms with van der Waals surface area (Å²) in [5, 5.41) is 14.1. The van der Waals surface area contributed by atoms with Gasteiger partial charge in [-0.05, 0) is 29.9 Å². The second-order valence-electron chi connectivity index (χ2n) is 9.53. The number of nitrogens with one attached hydrogen (secondary N) is 1. The van der Waals surface area contributed by atoms with Crippen LogP contribution in [-0.2, 0) is 22.6 Å². The number of aryl methyl sites for hydroxylation is 2. The molecule has 1 aliphatic heterocycles. The molecule has 1 saturated heterocycles. The summed E-state index contributed by atoms with van der Waals surface area (Å²) in [6.45, 7) is 10.3. The van der Waals surface area contributed by atoms with Gasteiger partial charge in [0.15, 0.2) is 0 Å². The first-order valence-electron chi connectivity index (χ1n) is 11.1. The molecular formula is C24H36Cl2N4O3S. The Balaban J connectivity index is 0.00000289. The Morgan fingerprint density at radius 2 is 1.88 bits per heavy atom. The molecule has 0 spiro atoms. The van der Waals surface area contributed by atoms with Crippen LogP contribution in [0, 0.1) is 12.3 Å². The molecule has 0 radical (unpaired) electrons. The molecule has 10 heteroatoms. The molecule has 7 nitrogen and oxygen atoms in total. The van der Waals surface area contributed by atoms with Gasteiger partial charge in [-0.1, -0.05) is 52.0 Å². The zero-order valence-corrected chi connectivity index (χ0v) is 22.8. The van der Waals surface area contributed by atoms with Gasteiger partial charge in [-0.15, -0.1) is 36.2 Å². The Morgan fingerprint density at radius 3 is 2.41 bits per heavy atom. The van der Waals surface area contributed by atoms with Crippen molar-refractivity contribution in [3.05, 3.63) is 40.5 Å². The number of carbonyl (C=O) groups is 2. The molecule has 1 aromatic carbocycles. The lowest BCUT2D eigenvalue weighted by Gasteiger charge is -2.32. The Hall–Kier alpha value is -1.71. The summed E-state index contributed by atoms with van der Waals surface area (Å²) < 4.78 is 0. The maximum absolute atomic E-state index is 12.9. The zero-order chi connectivity index (χ0) is 23.6. The molecule has 3 rings (SSSR count). The summed E-state index contributed by atoms with van der Waals surface area (Å²) in [7, 11) is 0. The van der Waals surface area contributed by atoms with Gasteiger partial charge in [0.1, 0.15) is 6.04 Å². The lowest BCUT2D eigenvalue weighted by Crippen LogP contribution is -2.54. The van der Waals surface area contributed by atoms with Gasteiger partial charge >= 0.3 is 0 Å². The molecule has 1 aromatic heterocycles. The second kappa shape index (κ2) is 12.3. The topological polar surface area (TPSA) is 109 Å². The minimum absolute atomic E-state index is 0. The van der Waals surface area contributed by atoms with E-state index in [1.165, 1.54) is 9.78 Å². The molecular weight excluding hydrogens is 495 g/mol. The number of nitrogens with zero attached hydrogens (tertiary/aromatic N) is 2. The monoisotopic (exact) mass is 530 g/mol. The first kappa shape index (κ1) is 30.3. The van der Waals surface area contributed by atoms with Crippen LogP contribution in [0.1, 0.15) is 50.4 Å². The van der Waals surface area contributed by atoms with Crippen LogP contribution in [0.4, 0.5) is 0 Å². The maximum Gasteiger partial charge on any atom is 0.243 e. The Morgan fingerprint density at radius 1 is 1.26 bits per heavy atom. The molecule has 1 aliphatic rings. The van der Waals surface area contributed by atoms with E-state index in [9.17, 15) is 14.7 Å². The maximum atomic E-state index is 12.9. The normalized spacial score (nSPS) is 18.6. The largest absolute Gasteiger partial charge is 0.391 e. The third-order valence-electron chi connectivity index (χ3n) is 5.89. The average Bonchev–Trinajstić information content (AvgIpc) is 3.33. The average molecular weight is 532 g/mol. The molecule has 0 unspecified atom stereocenters. The van der Waals surface area contributed by atoms with Crippen LogP contribution in [0.3, 0.4) is 0 Å². The molecule has 3 atom stereocenters. The molecule has 2 heterocycles. The highest BCUT2D eigenvalue weighted by molar-refractivity contribution is 7.15. The lowest BCUT2D eigenvalue weighted by atomic mass is 9.86. The number of nitrogens with two attached hydrogens (primary N) is 1. The molecule has 2 aromatic rings. The molecule has 190 valence electrons. The van der Waals surface area contributed by atoms with Crippen molar-refractivity contribution >= 4 is 48.0 Å². The first-order valence-corrected chi connectivity index (χ1v) is 11.9. The number of aliphatic hydroxyl groups excluding tert-OH is 1. The lowest BCUT2D eigenvalue weighted by molar-refractivity contribution is -0.141. The minimum Gasteiger partial charge on any atom is -0.391 e. The minimum atomic E-state index is -0.737. The van der Waals surface area contributed by atoms with Crippen LogP contribution < -0.4 is 11.1 Å².